The fraction of sp³-hybridized carbons (Fsp3) is 0.500. The summed E-state index contributed by atoms with van der Waals surface area (Å²) < 4.78 is 31.6. The average Bonchev–Trinajstić information content (AvgIpc) is 3.39. The second kappa shape index (κ2) is 5.89. The molecule has 1 saturated carbocycles. The van der Waals surface area contributed by atoms with Gasteiger partial charge in [-0.1, -0.05) is 13.0 Å². The van der Waals surface area contributed by atoms with Crippen molar-refractivity contribution >= 4 is 11.4 Å². The van der Waals surface area contributed by atoms with Crippen molar-refractivity contribution in [2.75, 3.05) is 5.73 Å². The van der Waals surface area contributed by atoms with Crippen LogP contribution in [0, 0.1) is 11.8 Å². The predicted molar refractivity (Wildman–Crippen MR) is 91.2 cm³/mol. The van der Waals surface area contributed by atoms with Gasteiger partial charge >= 0.3 is 0 Å². The Hall–Kier alpha value is -2.31. The van der Waals surface area contributed by atoms with Gasteiger partial charge in [-0.15, -0.1) is 5.10 Å². The van der Waals surface area contributed by atoms with Crippen LogP contribution in [0.25, 0.3) is 11.5 Å². The maximum atomic E-state index is 15.2. The molecule has 2 aliphatic carbocycles. The van der Waals surface area contributed by atoms with Gasteiger partial charge in [0.25, 0.3) is 11.9 Å². The zero-order valence-corrected chi connectivity index (χ0v) is 14.1. The number of hydrogen-bond acceptors (Lipinski definition) is 4. The monoisotopic (exact) mass is 345 g/mol. The fourth-order valence-electron chi connectivity index (χ4n) is 3.55. The second-order valence-electron chi connectivity index (χ2n) is 7.08. The van der Waals surface area contributed by atoms with E-state index in [9.17, 15) is 0 Å². The van der Waals surface area contributed by atoms with E-state index in [1.807, 2.05) is 6.08 Å². The number of rotatable bonds is 4. The second-order valence-corrected chi connectivity index (χ2v) is 7.08. The molecule has 2 aromatic heterocycles. The van der Waals surface area contributed by atoms with Gasteiger partial charge in [-0.3, -0.25) is 0 Å². The normalized spacial score (nSPS) is 21.2. The lowest BCUT2D eigenvalue weighted by Gasteiger charge is -2.23. The number of aromatic nitrogens is 4. The lowest BCUT2D eigenvalue weighted by Crippen LogP contribution is -2.24. The van der Waals surface area contributed by atoms with Crippen LogP contribution in [-0.2, 0) is 5.92 Å². The molecule has 2 N–H and O–H groups in total. The van der Waals surface area contributed by atoms with E-state index in [2.05, 4.69) is 22.0 Å². The van der Waals surface area contributed by atoms with Crippen molar-refractivity contribution in [3.63, 3.8) is 0 Å². The Morgan fingerprint density at radius 1 is 1.20 bits per heavy atom. The summed E-state index contributed by atoms with van der Waals surface area (Å²) in [6.45, 7) is 2.13. The molecule has 1 atom stereocenters. The van der Waals surface area contributed by atoms with Crippen LogP contribution in [0.4, 0.5) is 14.6 Å². The van der Waals surface area contributed by atoms with E-state index in [-0.39, 0.29) is 17.5 Å². The molecule has 0 aliphatic heterocycles. The molecule has 2 heterocycles. The Kier molecular flexibility index (Phi) is 3.81. The summed E-state index contributed by atoms with van der Waals surface area (Å²) in [6, 6.07) is 1.64. The van der Waals surface area contributed by atoms with Gasteiger partial charge in [0.2, 0.25) is 0 Å². The standard InChI is InChI=1S/C18H21F2N5/c1-11-4-2-5-12(10-11)14-15(18(19,20)13-6-7-13)25(24-16(14)21)17-22-8-3-9-23-17/h3,5,8-9,11,13H,2,4,6-7,10H2,1H3,(H2,21,24). The molecule has 1 unspecified atom stereocenters. The van der Waals surface area contributed by atoms with Crippen LogP contribution in [0.2, 0.25) is 0 Å². The van der Waals surface area contributed by atoms with Crippen molar-refractivity contribution in [3.8, 4) is 5.95 Å². The fourth-order valence-corrected chi connectivity index (χ4v) is 3.55. The van der Waals surface area contributed by atoms with Crippen LogP contribution in [0.1, 0.15) is 50.3 Å². The van der Waals surface area contributed by atoms with Crippen LogP contribution in [-0.4, -0.2) is 19.7 Å². The van der Waals surface area contributed by atoms with Crippen molar-refractivity contribution in [1.82, 2.24) is 19.7 Å². The number of allylic oxidation sites excluding steroid dienone is 2. The van der Waals surface area contributed by atoms with Crippen molar-refractivity contribution in [2.24, 2.45) is 11.8 Å². The van der Waals surface area contributed by atoms with Crippen molar-refractivity contribution in [3.05, 3.63) is 35.8 Å². The van der Waals surface area contributed by atoms with Gasteiger partial charge < -0.3 is 5.73 Å². The molecule has 0 saturated heterocycles. The molecule has 25 heavy (non-hydrogen) atoms. The van der Waals surface area contributed by atoms with Gasteiger partial charge in [-0.2, -0.15) is 13.5 Å². The van der Waals surface area contributed by atoms with Crippen LogP contribution in [0.15, 0.2) is 24.5 Å². The summed E-state index contributed by atoms with van der Waals surface area (Å²) in [5, 5.41) is 4.21. The van der Waals surface area contributed by atoms with E-state index in [4.69, 9.17) is 5.73 Å². The smallest absolute Gasteiger partial charge is 0.293 e. The van der Waals surface area contributed by atoms with Crippen LogP contribution < -0.4 is 5.73 Å². The molecule has 2 aromatic rings. The number of halogens is 2. The quantitative estimate of drug-likeness (QED) is 0.911. The molecule has 0 radical (unpaired) electrons. The minimum atomic E-state index is -3.00. The lowest BCUT2D eigenvalue weighted by atomic mass is 9.85. The Balaban J connectivity index is 1.92. The van der Waals surface area contributed by atoms with Gasteiger partial charge in [0.15, 0.2) is 5.82 Å². The molecule has 2 aliphatic rings. The predicted octanol–water partition coefficient (Wildman–Crippen LogP) is 3.95. The first kappa shape index (κ1) is 16.2. The average molecular weight is 345 g/mol. The minimum Gasteiger partial charge on any atom is -0.382 e. The molecule has 7 heteroatoms. The zero-order chi connectivity index (χ0) is 17.6. The number of nitrogen functional groups attached to an aromatic ring is 1. The summed E-state index contributed by atoms with van der Waals surface area (Å²) in [5.41, 5.74) is 7.21. The van der Waals surface area contributed by atoms with Gasteiger partial charge in [-0.05, 0) is 49.7 Å². The van der Waals surface area contributed by atoms with E-state index in [0.29, 0.717) is 24.3 Å². The van der Waals surface area contributed by atoms with Gasteiger partial charge in [0, 0.05) is 23.9 Å². The van der Waals surface area contributed by atoms with E-state index < -0.39 is 11.8 Å². The van der Waals surface area contributed by atoms with Crippen LogP contribution in [0.3, 0.4) is 0 Å². The van der Waals surface area contributed by atoms with E-state index in [0.717, 1.165) is 29.5 Å². The van der Waals surface area contributed by atoms with Crippen LogP contribution >= 0.6 is 0 Å². The maximum Gasteiger partial charge on any atom is 0.293 e. The highest BCUT2D eigenvalue weighted by Gasteiger charge is 2.52. The van der Waals surface area contributed by atoms with Crippen molar-refractivity contribution < 1.29 is 8.78 Å². The van der Waals surface area contributed by atoms with Crippen LogP contribution in [0.5, 0.6) is 0 Å². The van der Waals surface area contributed by atoms with Gasteiger partial charge in [-0.25, -0.2) is 9.97 Å². The van der Waals surface area contributed by atoms with Crippen molar-refractivity contribution in [1.29, 1.82) is 0 Å². The summed E-state index contributed by atoms with van der Waals surface area (Å²) in [5.74, 6) is -2.96. The Morgan fingerprint density at radius 2 is 1.92 bits per heavy atom. The number of nitrogens with zero attached hydrogens (tertiary/aromatic N) is 4. The number of anilines is 1. The first-order valence-corrected chi connectivity index (χ1v) is 8.72. The number of nitrogens with two attached hydrogens (primary N) is 1. The minimum absolute atomic E-state index is 0.125. The third kappa shape index (κ3) is 2.81. The summed E-state index contributed by atoms with van der Waals surface area (Å²) in [4.78, 5) is 8.20. The highest BCUT2D eigenvalue weighted by molar-refractivity contribution is 5.76. The summed E-state index contributed by atoms with van der Waals surface area (Å²) >= 11 is 0. The zero-order valence-electron chi connectivity index (χ0n) is 14.1. The number of hydrogen-bond donors (Lipinski definition) is 1. The van der Waals surface area contributed by atoms with Crippen molar-refractivity contribution in [2.45, 2.75) is 45.0 Å². The third-order valence-corrected chi connectivity index (χ3v) is 5.00. The molecule has 0 amide bonds. The van der Waals surface area contributed by atoms with E-state index >= 15 is 8.78 Å². The topological polar surface area (TPSA) is 69.6 Å². The highest BCUT2D eigenvalue weighted by atomic mass is 19.3. The molecular formula is C18H21F2N5. The first-order chi connectivity index (χ1) is 12.0. The molecule has 132 valence electrons. The Morgan fingerprint density at radius 3 is 2.56 bits per heavy atom. The Bertz CT molecular complexity index is 808. The third-order valence-electron chi connectivity index (χ3n) is 5.00. The molecule has 0 spiro atoms. The summed E-state index contributed by atoms with van der Waals surface area (Å²) in [7, 11) is 0. The van der Waals surface area contributed by atoms with Gasteiger partial charge in [0.1, 0.15) is 5.69 Å². The largest absolute Gasteiger partial charge is 0.382 e. The Labute approximate surface area is 145 Å². The SMILES string of the molecule is CC1CCC=C(c2c(N)nn(-c3ncccn3)c2C(F)(F)C2CC2)C1. The molecule has 4 rings (SSSR count). The first-order valence-electron chi connectivity index (χ1n) is 8.72. The maximum absolute atomic E-state index is 15.2. The van der Waals surface area contributed by atoms with E-state index in [1.165, 1.54) is 12.4 Å². The molecule has 0 aromatic carbocycles. The number of alkyl halides is 2. The summed E-state index contributed by atoms with van der Waals surface area (Å²) in [6.07, 6.45) is 8.76. The van der Waals surface area contributed by atoms with Gasteiger partial charge in [0.05, 0.1) is 0 Å². The van der Waals surface area contributed by atoms with E-state index in [1.54, 1.807) is 6.07 Å². The highest BCUT2D eigenvalue weighted by Crippen LogP contribution is 2.53. The molecular weight excluding hydrogens is 324 g/mol. The molecule has 0 bridgehead atoms. The molecule has 1 fully saturated rings. The lowest BCUT2D eigenvalue weighted by molar-refractivity contribution is -0.0355. The molecule has 5 nitrogen and oxygen atoms in total.